The number of non-ortho nitro benzene ring substituents is 1. The molecule has 0 bridgehead atoms. The monoisotopic (exact) mass is 282 g/mol. The molecule has 0 saturated carbocycles. The van der Waals surface area contributed by atoms with Crippen LogP contribution < -0.4 is 0 Å². The molecule has 0 amide bonds. The van der Waals surface area contributed by atoms with Gasteiger partial charge in [0.2, 0.25) is 0 Å². The lowest BCUT2D eigenvalue weighted by molar-refractivity contribution is -0.396. The summed E-state index contributed by atoms with van der Waals surface area (Å²) in [4.78, 5) is 20.6. The number of benzene rings is 1. The number of nitrogens with zero attached hydrogens (tertiary/aromatic N) is 2. The molecule has 1 heterocycles. The van der Waals surface area contributed by atoms with Crippen molar-refractivity contribution in [2.45, 2.75) is 9.10 Å². The molecule has 0 saturated heterocycles. The van der Waals surface area contributed by atoms with Crippen LogP contribution in [0, 0.1) is 20.2 Å². The third-order valence-corrected chi connectivity index (χ3v) is 4.16. The fourth-order valence-electron chi connectivity index (χ4n) is 1.28. The maximum absolute atomic E-state index is 10.9. The molecule has 18 heavy (non-hydrogen) atoms. The summed E-state index contributed by atoms with van der Waals surface area (Å²) in [5.74, 6) is 0. The molecule has 92 valence electrons. The van der Waals surface area contributed by atoms with Gasteiger partial charge in [-0.1, -0.05) is 17.8 Å². The summed E-state index contributed by atoms with van der Waals surface area (Å²) in [7, 11) is 0. The van der Waals surface area contributed by atoms with Crippen LogP contribution in [-0.4, -0.2) is 9.85 Å². The van der Waals surface area contributed by atoms with Crippen LogP contribution in [0.1, 0.15) is 0 Å². The number of nitro groups is 2. The Kier molecular flexibility index (Phi) is 3.58. The first-order valence-electron chi connectivity index (χ1n) is 4.72. The quantitative estimate of drug-likeness (QED) is 0.630. The summed E-state index contributed by atoms with van der Waals surface area (Å²) >= 11 is 2.68. The highest BCUT2D eigenvalue weighted by Crippen LogP contribution is 2.38. The molecule has 0 atom stereocenters. The van der Waals surface area contributed by atoms with Crippen molar-refractivity contribution in [3.05, 3.63) is 55.9 Å². The smallest absolute Gasteiger partial charge is 0.258 e. The minimum atomic E-state index is -0.646. The maximum atomic E-state index is 10.9. The minimum Gasteiger partial charge on any atom is -0.258 e. The number of rotatable bonds is 4. The summed E-state index contributed by atoms with van der Waals surface area (Å²) in [6.07, 6.45) is 0. The van der Waals surface area contributed by atoms with E-state index in [1.54, 1.807) is 0 Å². The zero-order valence-electron chi connectivity index (χ0n) is 8.81. The van der Waals surface area contributed by atoms with E-state index in [0.717, 1.165) is 10.3 Å². The van der Waals surface area contributed by atoms with E-state index in [9.17, 15) is 20.2 Å². The lowest BCUT2D eigenvalue weighted by Crippen LogP contribution is -1.94. The molecule has 0 unspecified atom stereocenters. The van der Waals surface area contributed by atoms with E-state index in [0.29, 0.717) is 4.90 Å². The molecule has 8 heteroatoms. The molecular formula is C10H6N2O4S2. The van der Waals surface area contributed by atoms with Crippen molar-refractivity contribution in [3.63, 3.8) is 0 Å². The first-order chi connectivity index (χ1) is 8.58. The van der Waals surface area contributed by atoms with Crippen LogP contribution in [0.5, 0.6) is 0 Å². The van der Waals surface area contributed by atoms with Gasteiger partial charge in [-0.05, 0) is 17.5 Å². The first-order valence-corrected chi connectivity index (χ1v) is 6.42. The van der Waals surface area contributed by atoms with E-state index >= 15 is 0 Å². The molecule has 0 aliphatic heterocycles. The molecule has 0 radical (unpaired) electrons. The van der Waals surface area contributed by atoms with Crippen molar-refractivity contribution in [1.82, 2.24) is 0 Å². The van der Waals surface area contributed by atoms with E-state index in [1.165, 1.54) is 35.2 Å². The fraction of sp³-hybridized carbons (Fsp3) is 0. The summed E-state index contributed by atoms with van der Waals surface area (Å²) < 4.78 is 0.895. The lowest BCUT2D eigenvalue weighted by atomic mass is 10.3. The van der Waals surface area contributed by atoms with E-state index in [4.69, 9.17) is 0 Å². The molecule has 2 aromatic rings. The molecule has 0 N–H and O–H groups in total. The Hall–Kier alpha value is -1.93. The molecule has 0 aliphatic rings. The number of hydrogen-bond donors (Lipinski definition) is 0. The van der Waals surface area contributed by atoms with E-state index < -0.39 is 9.85 Å². The van der Waals surface area contributed by atoms with Crippen LogP contribution >= 0.6 is 23.1 Å². The van der Waals surface area contributed by atoms with Gasteiger partial charge >= 0.3 is 0 Å². The average molecular weight is 282 g/mol. The summed E-state index contributed by atoms with van der Waals surface area (Å²) in [5.41, 5.74) is -0.528. The van der Waals surface area contributed by atoms with Crippen LogP contribution in [0.4, 0.5) is 11.4 Å². The summed E-state index contributed by atoms with van der Waals surface area (Å²) in [5, 5.41) is 23.3. The Morgan fingerprint density at radius 1 is 1.11 bits per heavy atom. The summed E-state index contributed by atoms with van der Waals surface area (Å²) in [6, 6.07) is 7.32. The van der Waals surface area contributed by atoms with Gasteiger partial charge < -0.3 is 0 Å². The van der Waals surface area contributed by atoms with Gasteiger partial charge in [-0.2, -0.15) is 0 Å². The van der Waals surface area contributed by atoms with Gasteiger partial charge in [0.1, 0.15) is 0 Å². The predicted molar refractivity (Wildman–Crippen MR) is 68.2 cm³/mol. The van der Waals surface area contributed by atoms with E-state index in [1.807, 2.05) is 17.5 Å². The zero-order chi connectivity index (χ0) is 13.1. The molecular weight excluding hydrogens is 276 g/mol. The minimum absolute atomic E-state index is 0.248. The highest BCUT2D eigenvalue weighted by Gasteiger charge is 2.20. The Morgan fingerprint density at radius 3 is 2.44 bits per heavy atom. The van der Waals surface area contributed by atoms with Crippen LogP contribution in [0.15, 0.2) is 44.8 Å². The Bertz CT molecular complexity index is 598. The van der Waals surface area contributed by atoms with Gasteiger partial charge in [0.15, 0.2) is 0 Å². The van der Waals surface area contributed by atoms with Gasteiger partial charge in [0, 0.05) is 6.07 Å². The third-order valence-electron chi connectivity index (χ3n) is 2.06. The zero-order valence-corrected chi connectivity index (χ0v) is 10.4. The van der Waals surface area contributed by atoms with Crippen molar-refractivity contribution >= 4 is 34.5 Å². The maximum Gasteiger partial charge on any atom is 0.290 e. The highest BCUT2D eigenvalue weighted by atomic mass is 32.2. The third kappa shape index (κ3) is 2.66. The van der Waals surface area contributed by atoms with Crippen molar-refractivity contribution in [2.24, 2.45) is 0 Å². The molecule has 0 aliphatic carbocycles. The second-order valence-corrected chi connectivity index (χ2v) is 5.49. The Morgan fingerprint density at radius 2 is 1.89 bits per heavy atom. The second-order valence-electron chi connectivity index (χ2n) is 3.20. The average Bonchev–Trinajstić information content (AvgIpc) is 2.81. The predicted octanol–water partition coefficient (Wildman–Crippen LogP) is 3.72. The normalized spacial score (nSPS) is 10.2. The second kappa shape index (κ2) is 5.15. The van der Waals surface area contributed by atoms with Crippen LogP contribution in [0.2, 0.25) is 0 Å². The molecule has 1 aromatic carbocycles. The van der Waals surface area contributed by atoms with Crippen LogP contribution in [0.25, 0.3) is 0 Å². The topological polar surface area (TPSA) is 86.3 Å². The molecule has 6 nitrogen and oxygen atoms in total. The molecule has 1 aromatic heterocycles. The molecule has 0 fully saturated rings. The van der Waals surface area contributed by atoms with Gasteiger partial charge in [0.25, 0.3) is 11.4 Å². The van der Waals surface area contributed by atoms with Gasteiger partial charge in [-0.15, -0.1) is 11.3 Å². The van der Waals surface area contributed by atoms with Gasteiger partial charge in [-0.25, -0.2) is 0 Å². The Balaban J connectivity index is 2.40. The van der Waals surface area contributed by atoms with Crippen LogP contribution in [-0.2, 0) is 0 Å². The van der Waals surface area contributed by atoms with Gasteiger partial charge in [-0.3, -0.25) is 20.2 Å². The van der Waals surface area contributed by atoms with Gasteiger partial charge in [0.05, 0.1) is 25.0 Å². The van der Waals surface area contributed by atoms with Crippen molar-refractivity contribution in [3.8, 4) is 0 Å². The standard InChI is InChI=1S/C10H6N2O4S2/c13-11(14)7-3-4-9(8(6-7)12(15)16)18-10-2-1-5-17-10/h1-6H. The van der Waals surface area contributed by atoms with Crippen molar-refractivity contribution in [2.75, 3.05) is 0 Å². The SMILES string of the molecule is O=[N+]([O-])c1ccc(Sc2cccs2)c([N+](=O)[O-])c1. The lowest BCUT2D eigenvalue weighted by Gasteiger charge is -2.00. The fourth-order valence-corrected chi connectivity index (χ4v) is 3.09. The number of nitro benzene ring substituents is 2. The summed E-state index contributed by atoms with van der Waals surface area (Å²) in [6.45, 7) is 0. The van der Waals surface area contributed by atoms with Crippen molar-refractivity contribution in [1.29, 1.82) is 0 Å². The Labute approximate surface area is 110 Å². The highest BCUT2D eigenvalue weighted by molar-refractivity contribution is 8.01. The van der Waals surface area contributed by atoms with Crippen LogP contribution in [0.3, 0.4) is 0 Å². The number of thiophene rings is 1. The van der Waals surface area contributed by atoms with Crippen molar-refractivity contribution < 1.29 is 9.85 Å². The molecule has 2 rings (SSSR count). The van der Waals surface area contributed by atoms with E-state index in [2.05, 4.69) is 0 Å². The van der Waals surface area contributed by atoms with E-state index in [-0.39, 0.29) is 11.4 Å². The largest absolute Gasteiger partial charge is 0.290 e. The number of hydrogen-bond acceptors (Lipinski definition) is 6. The molecule has 0 spiro atoms. The first kappa shape index (κ1) is 12.5.